The Hall–Kier alpha value is -2.42. The Kier molecular flexibility index (Phi) is 9.67. The van der Waals surface area contributed by atoms with E-state index < -0.39 is 23.9 Å². The predicted molar refractivity (Wildman–Crippen MR) is 124 cm³/mol. The van der Waals surface area contributed by atoms with Gasteiger partial charge in [0.1, 0.15) is 0 Å². The lowest BCUT2D eigenvalue weighted by Crippen LogP contribution is -2.57. The molecular weight excluding hydrogens is 473 g/mol. The monoisotopic (exact) mass is 504 g/mol. The van der Waals surface area contributed by atoms with E-state index in [1.165, 1.54) is 18.1 Å². The highest BCUT2D eigenvalue weighted by Crippen LogP contribution is 2.35. The third kappa shape index (κ3) is 7.04. The molecule has 0 aliphatic carbocycles. The van der Waals surface area contributed by atoms with Gasteiger partial charge in [-0.2, -0.15) is 13.2 Å². The Bertz CT molecular complexity index is 878. The minimum Gasteiger partial charge on any atom is -0.453 e. The van der Waals surface area contributed by atoms with Gasteiger partial charge in [-0.15, -0.1) is 6.58 Å². The standard InChI is InChI=1S/C24H32ClF3N2O4/c1-6-8-20-13-21(12-19(7-2)30(20)23(32)34-15(3)4)29(22(31)33-5)14-16-9-17(24(26,27)28)11-18(25)10-16/h6,9-11,15,19-21H,1,7-8,12-14H2,2-5H3/t19-,20+,21+/m1/s1. The van der Waals surface area contributed by atoms with E-state index in [9.17, 15) is 22.8 Å². The third-order valence-electron chi connectivity index (χ3n) is 5.82. The van der Waals surface area contributed by atoms with Crippen LogP contribution in [0.15, 0.2) is 30.9 Å². The maximum atomic E-state index is 13.3. The first-order valence-corrected chi connectivity index (χ1v) is 11.6. The van der Waals surface area contributed by atoms with Crippen LogP contribution in [-0.4, -0.2) is 53.3 Å². The lowest BCUT2D eigenvalue weighted by molar-refractivity contribution is -0.137. The van der Waals surface area contributed by atoms with Gasteiger partial charge in [0.2, 0.25) is 0 Å². The van der Waals surface area contributed by atoms with E-state index in [-0.39, 0.29) is 41.4 Å². The van der Waals surface area contributed by atoms with E-state index in [4.69, 9.17) is 21.1 Å². The van der Waals surface area contributed by atoms with Gasteiger partial charge in [0, 0.05) is 29.7 Å². The summed E-state index contributed by atoms with van der Waals surface area (Å²) in [6.45, 7) is 9.15. The topological polar surface area (TPSA) is 59.1 Å². The number of halogens is 4. The zero-order chi connectivity index (χ0) is 25.6. The molecule has 2 rings (SSSR count). The molecule has 1 aliphatic heterocycles. The number of carbonyl (C=O) groups is 2. The second-order valence-corrected chi connectivity index (χ2v) is 9.09. The van der Waals surface area contributed by atoms with E-state index in [0.29, 0.717) is 25.7 Å². The number of hydrogen-bond donors (Lipinski definition) is 0. The number of rotatable bonds is 7. The summed E-state index contributed by atoms with van der Waals surface area (Å²) < 4.78 is 50.3. The summed E-state index contributed by atoms with van der Waals surface area (Å²) in [5.41, 5.74) is -0.651. The number of likely N-dealkylation sites (tertiary alicyclic amines) is 1. The van der Waals surface area contributed by atoms with Gasteiger partial charge < -0.3 is 19.3 Å². The van der Waals surface area contributed by atoms with Crippen LogP contribution in [0.25, 0.3) is 0 Å². The van der Waals surface area contributed by atoms with Crippen molar-refractivity contribution in [3.8, 4) is 0 Å². The molecule has 34 heavy (non-hydrogen) atoms. The van der Waals surface area contributed by atoms with Crippen LogP contribution in [-0.2, 0) is 22.2 Å². The van der Waals surface area contributed by atoms with Crippen molar-refractivity contribution in [1.29, 1.82) is 0 Å². The number of amides is 2. The maximum Gasteiger partial charge on any atom is 0.416 e. The molecule has 0 saturated carbocycles. The number of ether oxygens (including phenoxy) is 2. The van der Waals surface area contributed by atoms with Crippen molar-refractivity contribution >= 4 is 23.8 Å². The first-order valence-electron chi connectivity index (χ1n) is 11.2. The van der Waals surface area contributed by atoms with E-state index in [0.717, 1.165) is 12.1 Å². The first-order chi connectivity index (χ1) is 15.9. The Morgan fingerprint density at radius 2 is 1.91 bits per heavy atom. The molecule has 1 aliphatic rings. The molecule has 0 spiro atoms. The zero-order valence-corrected chi connectivity index (χ0v) is 20.7. The Labute approximate surface area is 203 Å². The zero-order valence-electron chi connectivity index (χ0n) is 19.9. The van der Waals surface area contributed by atoms with Crippen molar-refractivity contribution in [2.45, 2.75) is 83.4 Å². The highest BCUT2D eigenvalue weighted by atomic mass is 35.5. The van der Waals surface area contributed by atoms with Crippen LogP contribution >= 0.6 is 11.6 Å². The van der Waals surface area contributed by atoms with E-state index >= 15 is 0 Å². The van der Waals surface area contributed by atoms with Crippen LogP contribution < -0.4 is 0 Å². The molecular formula is C24H32ClF3N2O4. The molecule has 190 valence electrons. The lowest BCUT2D eigenvalue weighted by atomic mass is 9.87. The molecule has 10 heteroatoms. The fraction of sp³-hybridized carbons (Fsp3) is 0.583. The number of carbonyl (C=O) groups excluding carboxylic acids is 2. The van der Waals surface area contributed by atoms with Gasteiger partial charge in [-0.3, -0.25) is 0 Å². The number of methoxy groups -OCH3 is 1. The normalized spacial score (nSPS) is 20.7. The smallest absolute Gasteiger partial charge is 0.416 e. The van der Waals surface area contributed by atoms with E-state index in [1.54, 1.807) is 24.8 Å². The van der Waals surface area contributed by atoms with Crippen LogP contribution in [0.4, 0.5) is 22.8 Å². The van der Waals surface area contributed by atoms with Gasteiger partial charge in [-0.1, -0.05) is 24.6 Å². The molecule has 1 aromatic carbocycles. The fourth-order valence-corrected chi connectivity index (χ4v) is 4.65. The molecule has 6 nitrogen and oxygen atoms in total. The summed E-state index contributed by atoms with van der Waals surface area (Å²) in [7, 11) is 1.22. The molecule has 1 heterocycles. The minimum atomic E-state index is -4.57. The quantitative estimate of drug-likeness (QED) is 0.389. The van der Waals surface area contributed by atoms with Crippen molar-refractivity contribution in [1.82, 2.24) is 9.80 Å². The predicted octanol–water partition coefficient (Wildman–Crippen LogP) is 6.66. The van der Waals surface area contributed by atoms with E-state index in [2.05, 4.69) is 6.58 Å². The van der Waals surface area contributed by atoms with Gasteiger partial charge in [0.15, 0.2) is 0 Å². The largest absolute Gasteiger partial charge is 0.453 e. The van der Waals surface area contributed by atoms with Crippen molar-refractivity contribution in [3.63, 3.8) is 0 Å². The number of nitrogens with zero attached hydrogens (tertiary/aromatic N) is 2. The van der Waals surface area contributed by atoms with Crippen LogP contribution in [0.3, 0.4) is 0 Å². The molecule has 1 aromatic rings. The minimum absolute atomic E-state index is 0.0724. The Balaban J connectivity index is 2.38. The molecule has 0 aromatic heterocycles. The van der Waals surface area contributed by atoms with Gasteiger partial charge >= 0.3 is 18.4 Å². The summed E-state index contributed by atoms with van der Waals surface area (Å²) in [5, 5.41) is -0.0724. The van der Waals surface area contributed by atoms with Gasteiger partial charge in [-0.25, -0.2) is 9.59 Å². The second kappa shape index (κ2) is 11.8. The van der Waals surface area contributed by atoms with E-state index in [1.807, 2.05) is 6.92 Å². The van der Waals surface area contributed by atoms with Crippen molar-refractivity contribution in [2.24, 2.45) is 0 Å². The summed E-state index contributed by atoms with van der Waals surface area (Å²) in [6.07, 6.45) is -2.33. The molecule has 3 atom stereocenters. The van der Waals surface area contributed by atoms with Crippen LogP contribution in [0.5, 0.6) is 0 Å². The molecule has 0 radical (unpaired) electrons. The molecule has 1 saturated heterocycles. The average molecular weight is 505 g/mol. The van der Waals surface area contributed by atoms with Gasteiger partial charge in [0.25, 0.3) is 0 Å². The van der Waals surface area contributed by atoms with Crippen LogP contribution in [0.2, 0.25) is 5.02 Å². The summed E-state index contributed by atoms with van der Waals surface area (Å²) in [6, 6.07) is 2.34. The molecule has 0 unspecified atom stereocenters. The molecule has 0 bridgehead atoms. The third-order valence-corrected chi connectivity index (χ3v) is 6.04. The molecule has 0 N–H and O–H groups in total. The number of alkyl halides is 3. The van der Waals surface area contributed by atoms with Crippen molar-refractivity contribution < 1.29 is 32.2 Å². The van der Waals surface area contributed by atoms with Crippen LogP contribution in [0.1, 0.15) is 57.6 Å². The SMILES string of the molecule is C=CC[C@H]1C[C@@H](N(Cc2cc(Cl)cc(C(F)(F)F)c2)C(=O)OC)C[C@@H](CC)N1C(=O)OC(C)C. The second-order valence-electron chi connectivity index (χ2n) is 8.65. The van der Waals surface area contributed by atoms with Gasteiger partial charge in [-0.05, 0) is 63.3 Å². The fourth-order valence-electron chi connectivity index (χ4n) is 4.39. The number of hydrogen-bond acceptors (Lipinski definition) is 4. The lowest BCUT2D eigenvalue weighted by Gasteiger charge is -2.47. The van der Waals surface area contributed by atoms with Crippen molar-refractivity contribution in [3.05, 3.63) is 47.0 Å². The summed E-state index contributed by atoms with van der Waals surface area (Å²) in [5.74, 6) is 0. The first kappa shape index (κ1) is 27.8. The molecule has 2 amide bonds. The summed E-state index contributed by atoms with van der Waals surface area (Å²) in [4.78, 5) is 28.7. The average Bonchev–Trinajstić information content (AvgIpc) is 2.75. The Morgan fingerprint density at radius 3 is 2.44 bits per heavy atom. The van der Waals surface area contributed by atoms with Gasteiger partial charge in [0.05, 0.1) is 18.8 Å². The highest BCUT2D eigenvalue weighted by Gasteiger charge is 2.42. The number of benzene rings is 1. The molecule has 1 fully saturated rings. The highest BCUT2D eigenvalue weighted by molar-refractivity contribution is 6.30. The summed E-state index contributed by atoms with van der Waals surface area (Å²) >= 11 is 5.94. The number of piperidine rings is 1. The maximum absolute atomic E-state index is 13.3. The van der Waals surface area contributed by atoms with Crippen LogP contribution in [0, 0.1) is 0 Å². The Morgan fingerprint density at radius 1 is 1.26 bits per heavy atom. The van der Waals surface area contributed by atoms with Crippen molar-refractivity contribution in [2.75, 3.05) is 7.11 Å².